The van der Waals surface area contributed by atoms with E-state index in [9.17, 15) is 12.8 Å². The number of rotatable bonds is 8. The Morgan fingerprint density at radius 3 is 2.42 bits per heavy atom. The van der Waals surface area contributed by atoms with Crippen molar-refractivity contribution in [1.82, 2.24) is 4.90 Å². The maximum atomic E-state index is 14.2. The topological polar surface area (TPSA) is 79.2 Å². The van der Waals surface area contributed by atoms with E-state index in [1.807, 2.05) is 19.1 Å². The van der Waals surface area contributed by atoms with Crippen LogP contribution in [0.1, 0.15) is 68.6 Å². The lowest BCUT2D eigenvalue weighted by Crippen LogP contribution is -2.50. The molecule has 1 unspecified atom stereocenters. The summed E-state index contributed by atoms with van der Waals surface area (Å²) >= 11 is 0. The molecule has 2 heterocycles. The van der Waals surface area contributed by atoms with E-state index in [0.717, 1.165) is 38.0 Å². The molecule has 1 N–H and O–H groups in total. The Balaban J connectivity index is 1.44. The molecular formula is C28H37FN2O4S. The zero-order valence-electron chi connectivity index (χ0n) is 21.4. The SMILES string of the molecule is C[C@H](CC1=NS(=O)(=O)C(Cc2ccc(C3CCN(CCO)CC3)cc2)C(C)(C)O1)c1ccccc1F. The van der Waals surface area contributed by atoms with Gasteiger partial charge in [0.25, 0.3) is 10.0 Å². The van der Waals surface area contributed by atoms with Crippen LogP contribution in [0.3, 0.4) is 0 Å². The second-order valence-electron chi connectivity index (χ2n) is 10.6. The monoisotopic (exact) mass is 516 g/mol. The Bertz CT molecular complexity index is 1170. The number of β-amino-alcohol motifs (C(OH)–C–C–N with tert-alkyl or cyclic N) is 1. The minimum atomic E-state index is -3.82. The van der Waals surface area contributed by atoms with E-state index < -0.39 is 20.9 Å². The third-order valence-corrected chi connectivity index (χ3v) is 9.45. The summed E-state index contributed by atoms with van der Waals surface area (Å²) in [5.41, 5.74) is 1.75. The average molecular weight is 517 g/mol. The highest BCUT2D eigenvalue weighted by Gasteiger charge is 2.46. The summed E-state index contributed by atoms with van der Waals surface area (Å²) in [6.45, 7) is 8.29. The summed E-state index contributed by atoms with van der Waals surface area (Å²) in [7, 11) is -3.82. The van der Waals surface area contributed by atoms with Crippen LogP contribution in [0.15, 0.2) is 52.9 Å². The van der Waals surface area contributed by atoms with Gasteiger partial charge in [-0.15, -0.1) is 4.40 Å². The molecule has 36 heavy (non-hydrogen) atoms. The van der Waals surface area contributed by atoms with Gasteiger partial charge in [0.15, 0.2) is 0 Å². The maximum absolute atomic E-state index is 14.2. The fraction of sp³-hybridized carbons (Fsp3) is 0.536. The number of hydrogen-bond donors (Lipinski definition) is 1. The van der Waals surface area contributed by atoms with E-state index >= 15 is 0 Å². The number of aliphatic hydroxyl groups is 1. The van der Waals surface area contributed by atoms with Crippen molar-refractivity contribution in [3.63, 3.8) is 0 Å². The molecule has 0 radical (unpaired) electrons. The van der Waals surface area contributed by atoms with Crippen LogP contribution in [0, 0.1) is 5.82 Å². The molecule has 0 spiro atoms. The van der Waals surface area contributed by atoms with Crippen molar-refractivity contribution in [3.8, 4) is 0 Å². The van der Waals surface area contributed by atoms with E-state index in [0.29, 0.717) is 17.9 Å². The highest BCUT2D eigenvalue weighted by atomic mass is 32.2. The molecule has 0 aromatic heterocycles. The molecule has 196 valence electrons. The van der Waals surface area contributed by atoms with Gasteiger partial charge in [-0.05, 0) is 80.8 Å². The zero-order valence-corrected chi connectivity index (χ0v) is 22.2. The van der Waals surface area contributed by atoms with Crippen LogP contribution in [-0.4, -0.2) is 61.4 Å². The van der Waals surface area contributed by atoms with Gasteiger partial charge in [0.05, 0.1) is 6.61 Å². The molecule has 0 amide bonds. The fourth-order valence-electron chi connectivity index (χ4n) is 5.40. The van der Waals surface area contributed by atoms with Crippen LogP contribution >= 0.6 is 0 Å². The van der Waals surface area contributed by atoms with E-state index in [2.05, 4.69) is 21.4 Å². The lowest BCUT2D eigenvalue weighted by atomic mass is 9.88. The van der Waals surface area contributed by atoms with Crippen LogP contribution in [0.5, 0.6) is 0 Å². The van der Waals surface area contributed by atoms with Gasteiger partial charge in [-0.1, -0.05) is 49.4 Å². The fourth-order valence-corrected chi connectivity index (χ4v) is 7.09. The highest BCUT2D eigenvalue weighted by molar-refractivity contribution is 7.91. The standard InChI is InChI=1S/C28H37FN2O4S/c1-20(24-6-4-5-7-25(24)29)18-27-30-36(33,34)26(28(2,3)35-27)19-21-8-10-22(11-9-21)23-12-14-31(15-13-23)16-17-32/h4-11,20,23,26,32H,12-19H2,1-3H3/t20-,26?/m1/s1. The Hall–Kier alpha value is -2.29. The molecule has 2 aliphatic rings. The molecule has 8 heteroatoms. The molecule has 1 fully saturated rings. The van der Waals surface area contributed by atoms with E-state index in [1.54, 1.807) is 32.0 Å². The van der Waals surface area contributed by atoms with E-state index in [-0.39, 0.29) is 30.7 Å². The quantitative estimate of drug-likeness (QED) is 0.553. The lowest BCUT2D eigenvalue weighted by Gasteiger charge is -2.37. The summed E-state index contributed by atoms with van der Waals surface area (Å²) in [6, 6.07) is 14.7. The first-order valence-corrected chi connectivity index (χ1v) is 14.3. The Labute approximate surface area is 214 Å². The number of benzene rings is 2. The molecular weight excluding hydrogens is 479 g/mol. The molecule has 0 bridgehead atoms. The van der Waals surface area contributed by atoms with Crippen molar-refractivity contribution in [2.45, 2.75) is 69.1 Å². The van der Waals surface area contributed by atoms with Crippen LogP contribution in [0.2, 0.25) is 0 Å². The van der Waals surface area contributed by atoms with Crippen molar-refractivity contribution >= 4 is 15.9 Å². The van der Waals surface area contributed by atoms with Crippen molar-refractivity contribution in [2.75, 3.05) is 26.2 Å². The van der Waals surface area contributed by atoms with Crippen molar-refractivity contribution in [1.29, 1.82) is 0 Å². The number of aliphatic hydroxyl groups excluding tert-OH is 1. The summed E-state index contributed by atoms with van der Waals surface area (Å²) in [5, 5.41) is 8.32. The molecule has 1 saturated heterocycles. The van der Waals surface area contributed by atoms with Gasteiger partial charge in [-0.25, -0.2) is 12.8 Å². The van der Waals surface area contributed by atoms with Crippen molar-refractivity contribution in [3.05, 3.63) is 71.0 Å². The molecule has 2 aromatic rings. The number of likely N-dealkylation sites (tertiary alicyclic amines) is 1. The van der Waals surface area contributed by atoms with E-state index in [1.165, 1.54) is 11.6 Å². The number of nitrogens with zero attached hydrogens (tertiary/aromatic N) is 2. The molecule has 2 atom stereocenters. The minimum Gasteiger partial charge on any atom is -0.473 e. The van der Waals surface area contributed by atoms with Crippen molar-refractivity contribution < 1.29 is 22.7 Å². The zero-order chi connectivity index (χ0) is 25.9. The van der Waals surface area contributed by atoms with Crippen LogP contribution in [-0.2, 0) is 21.2 Å². The first-order valence-electron chi connectivity index (χ1n) is 12.8. The maximum Gasteiger partial charge on any atom is 0.263 e. The number of sulfonamides is 1. The Morgan fingerprint density at radius 1 is 1.14 bits per heavy atom. The predicted octanol–water partition coefficient (Wildman–Crippen LogP) is 4.64. The average Bonchev–Trinajstić information content (AvgIpc) is 2.82. The highest BCUT2D eigenvalue weighted by Crippen LogP contribution is 2.34. The van der Waals surface area contributed by atoms with Crippen molar-refractivity contribution in [2.24, 2.45) is 4.40 Å². The van der Waals surface area contributed by atoms with Crippen LogP contribution < -0.4 is 0 Å². The minimum absolute atomic E-state index is 0.134. The number of piperidine rings is 1. The molecule has 2 aliphatic heterocycles. The van der Waals surface area contributed by atoms with Gasteiger partial charge in [0, 0.05) is 13.0 Å². The van der Waals surface area contributed by atoms with Gasteiger partial charge < -0.3 is 14.7 Å². The van der Waals surface area contributed by atoms with Crippen LogP contribution in [0.25, 0.3) is 0 Å². The molecule has 0 saturated carbocycles. The second-order valence-corrected chi connectivity index (χ2v) is 12.4. The molecule has 4 rings (SSSR count). The van der Waals surface area contributed by atoms with Gasteiger partial charge in [0.2, 0.25) is 5.90 Å². The summed E-state index contributed by atoms with van der Waals surface area (Å²) in [5.74, 6) is 0.0294. The van der Waals surface area contributed by atoms with E-state index in [4.69, 9.17) is 9.84 Å². The smallest absolute Gasteiger partial charge is 0.263 e. The molecule has 6 nitrogen and oxygen atoms in total. The second kappa shape index (κ2) is 11.0. The number of hydrogen-bond acceptors (Lipinski definition) is 5. The Morgan fingerprint density at radius 2 is 1.81 bits per heavy atom. The van der Waals surface area contributed by atoms with Gasteiger partial charge in [-0.3, -0.25) is 0 Å². The third kappa shape index (κ3) is 6.15. The molecule has 2 aromatic carbocycles. The molecule has 0 aliphatic carbocycles. The van der Waals surface area contributed by atoms with Gasteiger partial charge in [0.1, 0.15) is 16.7 Å². The first kappa shape index (κ1) is 26.8. The number of halogens is 1. The Kier molecular flexibility index (Phi) is 8.17. The number of ether oxygens (including phenoxy) is 1. The first-order chi connectivity index (χ1) is 17.1. The normalized spacial score (nSPS) is 23.0. The predicted molar refractivity (Wildman–Crippen MR) is 140 cm³/mol. The summed E-state index contributed by atoms with van der Waals surface area (Å²) in [4.78, 5) is 2.28. The lowest BCUT2D eigenvalue weighted by molar-refractivity contribution is 0.0803. The largest absolute Gasteiger partial charge is 0.473 e. The summed E-state index contributed by atoms with van der Waals surface area (Å²) < 4.78 is 50.8. The van der Waals surface area contributed by atoms with Gasteiger partial charge in [-0.2, -0.15) is 0 Å². The summed E-state index contributed by atoms with van der Waals surface area (Å²) in [6.07, 6.45) is 2.63. The third-order valence-electron chi connectivity index (χ3n) is 7.54. The van der Waals surface area contributed by atoms with Crippen LogP contribution in [0.4, 0.5) is 4.39 Å². The van der Waals surface area contributed by atoms with Gasteiger partial charge >= 0.3 is 0 Å².